The summed E-state index contributed by atoms with van der Waals surface area (Å²) in [6, 6.07) is 2.00. The maximum Gasteiger partial charge on any atom is 0.215 e. The highest BCUT2D eigenvalue weighted by Gasteiger charge is 2.20. The van der Waals surface area contributed by atoms with Gasteiger partial charge in [0.25, 0.3) is 0 Å². The van der Waals surface area contributed by atoms with E-state index in [1.54, 1.807) is 18.3 Å². The first kappa shape index (κ1) is 15.6. The lowest BCUT2D eigenvalue weighted by molar-refractivity contribution is 0.557. The predicted octanol–water partition coefficient (Wildman–Crippen LogP) is 1.86. The Morgan fingerprint density at radius 1 is 1.44 bits per heavy atom. The number of nitrogens with one attached hydrogen (secondary N) is 2. The van der Waals surface area contributed by atoms with E-state index in [2.05, 4.69) is 17.0 Å². The zero-order chi connectivity index (χ0) is 13.6. The number of thiophene rings is 1. The molecule has 0 saturated heterocycles. The second kappa shape index (κ2) is 7.23. The fourth-order valence-electron chi connectivity index (χ4n) is 1.49. The fraction of sp³-hybridized carbons (Fsp3) is 0.667. The molecule has 6 heteroatoms. The van der Waals surface area contributed by atoms with Gasteiger partial charge in [0.2, 0.25) is 10.0 Å². The van der Waals surface area contributed by atoms with E-state index in [1.807, 2.05) is 18.4 Å². The number of rotatable bonds is 8. The summed E-state index contributed by atoms with van der Waals surface area (Å²) < 4.78 is 26.6. The van der Waals surface area contributed by atoms with Gasteiger partial charge in [-0.2, -0.15) is 0 Å². The third-order valence-corrected chi connectivity index (χ3v) is 5.59. The minimum atomic E-state index is -3.24. The first-order valence-corrected chi connectivity index (χ1v) is 8.62. The molecule has 1 atom stereocenters. The fourth-order valence-corrected chi connectivity index (χ4v) is 3.39. The molecule has 0 aromatic carbocycles. The first-order chi connectivity index (χ1) is 8.47. The molecule has 2 N–H and O–H groups in total. The lowest BCUT2D eigenvalue weighted by Gasteiger charge is -2.14. The minimum Gasteiger partial charge on any atom is -0.315 e. The second-order valence-electron chi connectivity index (χ2n) is 4.41. The summed E-state index contributed by atoms with van der Waals surface area (Å²) in [4.78, 5) is 1.08. The van der Waals surface area contributed by atoms with Gasteiger partial charge in [0.1, 0.15) is 0 Å². The Hall–Kier alpha value is -0.430. The first-order valence-electron chi connectivity index (χ1n) is 6.19. The summed E-state index contributed by atoms with van der Waals surface area (Å²) in [7, 11) is -3.24. The van der Waals surface area contributed by atoms with Crippen LogP contribution in [0.25, 0.3) is 0 Å². The van der Waals surface area contributed by atoms with E-state index in [-0.39, 0.29) is 0 Å². The third kappa shape index (κ3) is 4.68. The van der Waals surface area contributed by atoms with Crippen molar-refractivity contribution in [2.75, 3.05) is 13.1 Å². The highest BCUT2D eigenvalue weighted by molar-refractivity contribution is 7.90. The topological polar surface area (TPSA) is 58.2 Å². The van der Waals surface area contributed by atoms with Crippen molar-refractivity contribution in [1.29, 1.82) is 0 Å². The molecular weight excluding hydrogens is 268 g/mol. The molecule has 0 fully saturated rings. The van der Waals surface area contributed by atoms with Crippen LogP contribution in [-0.4, -0.2) is 26.8 Å². The van der Waals surface area contributed by atoms with Crippen molar-refractivity contribution in [1.82, 2.24) is 10.0 Å². The van der Waals surface area contributed by atoms with Crippen LogP contribution in [0.4, 0.5) is 0 Å². The van der Waals surface area contributed by atoms with Gasteiger partial charge in [-0.1, -0.05) is 6.92 Å². The molecule has 0 amide bonds. The van der Waals surface area contributed by atoms with Crippen molar-refractivity contribution in [2.45, 2.75) is 39.0 Å². The molecular formula is C12H22N2O2S2. The van der Waals surface area contributed by atoms with Crippen molar-refractivity contribution >= 4 is 21.4 Å². The highest BCUT2D eigenvalue weighted by atomic mass is 32.2. The molecule has 0 saturated carbocycles. The average molecular weight is 290 g/mol. The van der Waals surface area contributed by atoms with Gasteiger partial charge in [-0.05, 0) is 43.8 Å². The summed E-state index contributed by atoms with van der Waals surface area (Å²) >= 11 is 1.58. The normalized spacial score (nSPS) is 13.7. The maximum atomic E-state index is 12.0. The molecule has 1 aromatic heterocycles. The quantitative estimate of drug-likeness (QED) is 0.719. The van der Waals surface area contributed by atoms with Crippen LogP contribution < -0.4 is 10.0 Å². The van der Waals surface area contributed by atoms with E-state index < -0.39 is 15.3 Å². The van der Waals surface area contributed by atoms with Crippen LogP contribution in [0.3, 0.4) is 0 Å². The van der Waals surface area contributed by atoms with Crippen molar-refractivity contribution < 1.29 is 8.42 Å². The Balaban J connectivity index is 2.46. The number of hydrogen-bond acceptors (Lipinski definition) is 4. The van der Waals surface area contributed by atoms with Gasteiger partial charge in [-0.15, -0.1) is 11.3 Å². The number of hydrogen-bond donors (Lipinski definition) is 2. The van der Waals surface area contributed by atoms with Crippen LogP contribution >= 0.6 is 11.3 Å². The number of sulfonamides is 1. The Labute approximate surface area is 114 Å². The van der Waals surface area contributed by atoms with Crippen LogP contribution in [0.2, 0.25) is 0 Å². The Kier molecular flexibility index (Phi) is 6.28. The van der Waals surface area contributed by atoms with Crippen LogP contribution in [0.5, 0.6) is 0 Å². The van der Waals surface area contributed by atoms with E-state index in [0.717, 1.165) is 23.4 Å². The predicted molar refractivity (Wildman–Crippen MR) is 77.4 cm³/mol. The zero-order valence-electron chi connectivity index (χ0n) is 11.2. The molecule has 0 spiro atoms. The van der Waals surface area contributed by atoms with Crippen molar-refractivity contribution in [3.8, 4) is 0 Å². The highest BCUT2D eigenvalue weighted by Crippen LogP contribution is 2.15. The summed E-state index contributed by atoms with van der Waals surface area (Å²) in [5.74, 6) is 0. The van der Waals surface area contributed by atoms with Crippen molar-refractivity contribution in [3.05, 3.63) is 21.9 Å². The molecule has 0 bridgehead atoms. The van der Waals surface area contributed by atoms with Gasteiger partial charge in [-0.25, -0.2) is 13.1 Å². The Bertz CT molecular complexity index is 454. The molecule has 0 radical (unpaired) electrons. The van der Waals surface area contributed by atoms with Crippen LogP contribution in [0, 0.1) is 6.92 Å². The standard InChI is InChI=1S/C12H22N2O2S2/c1-4-6-13-8-11(3)18(15,16)14-9-12-10(2)5-7-17-12/h5,7,11,13-14H,4,6,8-9H2,1-3H3. The van der Waals surface area contributed by atoms with Crippen molar-refractivity contribution in [3.63, 3.8) is 0 Å². The molecule has 1 rings (SSSR count). The van der Waals surface area contributed by atoms with Gasteiger partial charge in [0, 0.05) is 18.0 Å². The van der Waals surface area contributed by atoms with Gasteiger partial charge in [-0.3, -0.25) is 0 Å². The molecule has 4 nitrogen and oxygen atoms in total. The minimum absolute atomic E-state index is 0.393. The van der Waals surface area contributed by atoms with Gasteiger partial charge < -0.3 is 5.32 Å². The molecule has 0 aliphatic rings. The van der Waals surface area contributed by atoms with E-state index in [4.69, 9.17) is 0 Å². The smallest absolute Gasteiger partial charge is 0.215 e. The lowest BCUT2D eigenvalue weighted by Crippen LogP contribution is -2.38. The summed E-state index contributed by atoms with van der Waals surface area (Å²) in [5, 5.41) is 4.69. The molecule has 1 unspecified atom stereocenters. The third-order valence-electron chi connectivity index (χ3n) is 2.79. The molecule has 0 aliphatic heterocycles. The summed E-state index contributed by atoms with van der Waals surface area (Å²) in [5.41, 5.74) is 1.14. The monoisotopic (exact) mass is 290 g/mol. The number of aryl methyl sites for hydroxylation is 1. The second-order valence-corrected chi connectivity index (χ2v) is 7.59. The van der Waals surface area contributed by atoms with Crippen LogP contribution in [-0.2, 0) is 16.6 Å². The van der Waals surface area contributed by atoms with Gasteiger partial charge in [0.15, 0.2) is 0 Å². The maximum absolute atomic E-state index is 12.0. The molecule has 0 aliphatic carbocycles. The molecule has 1 heterocycles. The van der Waals surface area contributed by atoms with Crippen LogP contribution in [0.15, 0.2) is 11.4 Å². The summed E-state index contributed by atoms with van der Waals surface area (Å²) in [6.07, 6.45) is 1.01. The lowest BCUT2D eigenvalue weighted by atomic mass is 10.3. The summed E-state index contributed by atoms with van der Waals surface area (Å²) in [6.45, 7) is 7.52. The van der Waals surface area contributed by atoms with E-state index in [9.17, 15) is 8.42 Å². The SMILES string of the molecule is CCCNCC(C)S(=O)(=O)NCc1sccc1C. The zero-order valence-corrected chi connectivity index (χ0v) is 12.8. The largest absolute Gasteiger partial charge is 0.315 e. The Morgan fingerprint density at radius 2 is 2.17 bits per heavy atom. The molecule has 104 valence electrons. The van der Waals surface area contributed by atoms with E-state index >= 15 is 0 Å². The molecule has 1 aromatic rings. The van der Waals surface area contributed by atoms with Crippen LogP contribution in [0.1, 0.15) is 30.7 Å². The Morgan fingerprint density at radius 3 is 2.72 bits per heavy atom. The van der Waals surface area contributed by atoms with Gasteiger partial charge in [0.05, 0.1) is 5.25 Å². The molecule has 18 heavy (non-hydrogen) atoms. The van der Waals surface area contributed by atoms with E-state index in [1.165, 1.54) is 0 Å². The van der Waals surface area contributed by atoms with Gasteiger partial charge >= 0.3 is 0 Å². The van der Waals surface area contributed by atoms with Crippen molar-refractivity contribution in [2.24, 2.45) is 0 Å². The van der Waals surface area contributed by atoms with E-state index in [0.29, 0.717) is 13.1 Å². The average Bonchev–Trinajstić information content (AvgIpc) is 2.72.